The topological polar surface area (TPSA) is 89.1 Å². The van der Waals surface area contributed by atoms with Gasteiger partial charge in [-0.15, -0.1) is 0 Å². The standard InChI is InChI=1S/C12H13ClN4O3/c1-19-9-4-7(3-8(13)11(9)20-2)12(18)14-5-10-15-6-16-17-10/h3-4,6H,5H2,1-2H3,(H,14,18)(H,15,16,17). The zero-order chi connectivity index (χ0) is 14.5. The minimum Gasteiger partial charge on any atom is -0.493 e. The van der Waals surface area contributed by atoms with Crippen molar-refractivity contribution in [2.75, 3.05) is 14.2 Å². The minimum atomic E-state index is -0.302. The number of nitrogens with zero attached hydrogens (tertiary/aromatic N) is 2. The minimum absolute atomic E-state index is 0.241. The average molecular weight is 297 g/mol. The number of nitrogens with one attached hydrogen (secondary N) is 2. The molecule has 2 N–H and O–H groups in total. The first kappa shape index (κ1) is 14.1. The van der Waals surface area contributed by atoms with Gasteiger partial charge in [0.2, 0.25) is 0 Å². The number of ether oxygens (including phenoxy) is 2. The molecule has 0 saturated carbocycles. The van der Waals surface area contributed by atoms with Gasteiger partial charge in [-0.1, -0.05) is 11.6 Å². The number of aromatic nitrogens is 3. The second-order valence-electron chi connectivity index (χ2n) is 3.81. The molecule has 1 amide bonds. The predicted molar refractivity (Wildman–Crippen MR) is 72.1 cm³/mol. The van der Waals surface area contributed by atoms with Gasteiger partial charge in [0.05, 0.1) is 25.8 Å². The van der Waals surface area contributed by atoms with Gasteiger partial charge in [-0.3, -0.25) is 9.89 Å². The lowest BCUT2D eigenvalue weighted by Gasteiger charge is -2.11. The summed E-state index contributed by atoms with van der Waals surface area (Å²) in [5.41, 5.74) is 0.368. The van der Waals surface area contributed by atoms with E-state index in [9.17, 15) is 4.79 Å². The van der Waals surface area contributed by atoms with E-state index in [-0.39, 0.29) is 12.5 Å². The summed E-state index contributed by atoms with van der Waals surface area (Å²) < 4.78 is 10.2. The van der Waals surface area contributed by atoms with Crippen molar-refractivity contribution in [3.05, 3.63) is 34.9 Å². The van der Waals surface area contributed by atoms with Crippen LogP contribution in [-0.4, -0.2) is 35.3 Å². The predicted octanol–water partition coefficient (Wildman–Crippen LogP) is 1.41. The summed E-state index contributed by atoms with van der Waals surface area (Å²) >= 11 is 6.04. The van der Waals surface area contributed by atoms with E-state index in [0.29, 0.717) is 27.9 Å². The lowest BCUT2D eigenvalue weighted by molar-refractivity contribution is 0.0949. The van der Waals surface area contributed by atoms with Gasteiger partial charge in [-0.2, -0.15) is 5.10 Å². The summed E-state index contributed by atoms with van der Waals surface area (Å²) in [6.45, 7) is 0.241. The first-order valence-corrected chi connectivity index (χ1v) is 6.07. The maximum atomic E-state index is 12.0. The van der Waals surface area contributed by atoms with Crippen LogP contribution >= 0.6 is 11.6 Å². The van der Waals surface area contributed by atoms with Crippen LogP contribution in [0.4, 0.5) is 0 Å². The van der Waals surface area contributed by atoms with Crippen molar-refractivity contribution in [2.24, 2.45) is 0 Å². The molecular weight excluding hydrogens is 284 g/mol. The number of halogens is 1. The molecule has 2 aromatic rings. The number of rotatable bonds is 5. The van der Waals surface area contributed by atoms with Gasteiger partial charge in [0.1, 0.15) is 12.2 Å². The lowest BCUT2D eigenvalue weighted by Crippen LogP contribution is -2.23. The van der Waals surface area contributed by atoms with E-state index in [0.717, 1.165) is 0 Å². The number of methoxy groups -OCH3 is 2. The van der Waals surface area contributed by atoms with Crippen LogP contribution in [-0.2, 0) is 6.54 Å². The van der Waals surface area contributed by atoms with E-state index >= 15 is 0 Å². The molecule has 0 aliphatic rings. The average Bonchev–Trinajstić information content (AvgIpc) is 2.97. The number of H-pyrrole nitrogens is 1. The molecule has 1 aromatic carbocycles. The maximum absolute atomic E-state index is 12.0. The SMILES string of the molecule is COc1cc(C(=O)NCc2ncn[nH]2)cc(Cl)c1OC. The second kappa shape index (κ2) is 6.25. The van der Waals surface area contributed by atoms with Gasteiger partial charge in [0, 0.05) is 5.56 Å². The quantitative estimate of drug-likeness (QED) is 0.870. The molecule has 1 aromatic heterocycles. The van der Waals surface area contributed by atoms with Crippen LogP contribution in [0.3, 0.4) is 0 Å². The Morgan fingerprint density at radius 1 is 1.40 bits per heavy atom. The van der Waals surface area contributed by atoms with E-state index in [1.165, 1.54) is 26.6 Å². The Bertz CT molecular complexity index is 601. The molecule has 0 radical (unpaired) electrons. The van der Waals surface area contributed by atoms with Gasteiger partial charge in [0.15, 0.2) is 11.5 Å². The maximum Gasteiger partial charge on any atom is 0.251 e. The number of hydrogen-bond acceptors (Lipinski definition) is 5. The number of benzene rings is 1. The van der Waals surface area contributed by atoms with Crippen LogP contribution < -0.4 is 14.8 Å². The molecule has 2 rings (SSSR count). The summed E-state index contributed by atoms with van der Waals surface area (Å²) in [7, 11) is 2.96. The van der Waals surface area contributed by atoms with E-state index in [1.54, 1.807) is 6.07 Å². The Labute approximate surface area is 120 Å². The van der Waals surface area contributed by atoms with Crippen molar-refractivity contribution in [1.29, 1.82) is 0 Å². The molecule has 0 atom stereocenters. The monoisotopic (exact) mass is 296 g/mol. The van der Waals surface area contributed by atoms with Crippen molar-refractivity contribution in [3.8, 4) is 11.5 Å². The number of carbonyl (C=O) groups excluding carboxylic acids is 1. The number of hydrogen-bond donors (Lipinski definition) is 2. The Kier molecular flexibility index (Phi) is 4.41. The summed E-state index contributed by atoms with van der Waals surface area (Å²) in [4.78, 5) is 15.9. The number of carbonyl (C=O) groups is 1. The van der Waals surface area contributed by atoms with E-state index in [2.05, 4.69) is 20.5 Å². The molecule has 0 aliphatic carbocycles. The molecule has 20 heavy (non-hydrogen) atoms. The van der Waals surface area contributed by atoms with Crippen LogP contribution in [0.15, 0.2) is 18.5 Å². The molecule has 8 heteroatoms. The fraction of sp³-hybridized carbons (Fsp3) is 0.250. The van der Waals surface area contributed by atoms with E-state index < -0.39 is 0 Å². The zero-order valence-corrected chi connectivity index (χ0v) is 11.7. The van der Waals surface area contributed by atoms with E-state index in [4.69, 9.17) is 21.1 Å². The highest BCUT2D eigenvalue weighted by Crippen LogP contribution is 2.35. The van der Waals surface area contributed by atoms with Crippen molar-refractivity contribution in [2.45, 2.75) is 6.54 Å². The Balaban J connectivity index is 2.15. The first-order valence-electron chi connectivity index (χ1n) is 5.69. The third-order valence-corrected chi connectivity index (χ3v) is 2.86. The lowest BCUT2D eigenvalue weighted by atomic mass is 10.2. The largest absolute Gasteiger partial charge is 0.493 e. The van der Waals surface area contributed by atoms with Gasteiger partial charge in [-0.05, 0) is 12.1 Å². The van der Waals surface area contributed by atoms with Crippen LogP contribution in [0.5, 0.6) is 11.5 Å². The molecule has 0 saturated heterocycles. The molecule has 0 aliphatic heterocycles. The fourth-order valence-electron chi connectivity index (χ4n) is 1.63. The molecule has 7 nitrogen and oxygen atoms in total. The molecular formula is C12H13ClN4O3. The summed E-state index contributed by atoms with van der Waals surface area (Å²) in [5.74, 6) is 1.04. The van der Waals surface area contributed by atoms with Crippen LogP contribution in [0.2, 0.25) is 5.02 Å². The summed E-state index contributed by atoms with van der Waals surface area (Å²) in [6.07, 6.45) is 1.37. The molecule has 0 bridgehead atoms. The molecule has 106 valence electrons. The third kappa shape index (κ3) is 3.00. The highest BCUT2D eigenvalue weighted by molar-refractivity contribution is 6.32. The van der Waals surface area contributed by atoms with E-state index in [1.807, 2.05) is 0 Å². The van der Waals surface area contributed by atoms with Crippen LogP contribution in [0, 0.1) is 0 Å². The zero-order valence-electron chi connectivity index (χ0n) is 10.9. The van der Waals surface area contributed by atoms with Crippen molar-refractivity contribution in [3.63, 3.8) is 0 Å². The Morgan fingerprint density at radius 2 is 2.20 bits per heavy atom. The molecule has 0 unspecified atom stereocenters. The van der Waals surface area contributed by atoms with Gasteiger partial charge < -0.3 is 14.8 Å². The fourth-order valence-corrected chi connectivity index (χ4v) is 1.92. The molecule has 0 fully saturated rings. The molecule has 1 heterocycles. The van der Waals surface area contributed by atoms with Gasteiger partial charge >= 0.3 is 0 Å². The summed E-state index contributed by atoms with van der Waals surface area (Å²) in [5, 5.41) is 9.33. The van der Waals surface area contributed by atoms with Crippen LogP contribution in [0.25, 0.3) is 0 Å². The van der Waals surface area contributed by atoms with Gasteiger partial charge in [-0.25, -0.2) is 4.98 Å². The van der Waals surface area contributed by atoms with Crippen molar-refractivity contribution in [1.82, 2.24) is 20.5 Å². The number of amides is 1. The third-order valence-electron chi connectivity index (χ3n) is 2.58. The normalized spacial score (nSPS) is 10.2. The van der Waals surface area contributed by atoms with Crippen LogP contribution in [0.1, 0.15) is 16.2 Å². The smallest absolute Gasteiger partial charge is 0.251 e. The van der Waals surface area contributed by atoms with Crippen molar-refractivity contribution < 1.29 is 14.3 Å². The molecule has 0 spiro atoms. The highest BCUT2D eigenvalue weighted by Gasteiger charge is 2.15. The first-order chi connectivity index (χ1) is 9.65. The Hall–Kier alpha value is -2.28. The highest BCUT2D eigenvalue weighted by atomic mass is 35.5. The van der Waals surface area contributed by atoms with Crippen molar-refractivity contribution >= 4 is 17.5 Å². The Morgan fingerprint density at radius 3 is 2.80 bits per heavy atom. The summed E-state index contributed by atoms with van der Waals surface area (Å²) in [6, 6.07) is 3.07. The number of aromatic amines is 1. The second-order valence-corrected chi connectivity index (χ2v) is 4.22. The van der Waals surface area contributed by atoms with Gasteiger partial charge in [0.25, 0.3) is 5.91 Å².